The molecule has 3 aliphatic heterocycles. The highest BCUT2D eigenvalue weighted by atomic mass is 35.5. The Balaban J connectivity index is 0.704. The Kier molecular flexibility index (Phi) is 15.5. The summed E-state index contributed by atoms with van der Waals surface area (Å²) in [6.45, 7) is 8.98. The second kappa shape index (κ2) is 23.0. The summed E-state index contributed by atoms with van der Waals surface area (Å²) in [5.74, 6) is 3.47. The van der Waals surface area contributed by atoms with Crippen LogP contribution in [0, 0.1) is 45.1 Å². The SMILES string of the molecule is O=C(NS(=O)(=O)c1ccc(NCC2CCOCC2)c([N+](=O)[O-])c1)c1ccc(N2CCN(Cc3c(OCC4CN(CCNC(=O)C56CC7CC(CC(C7)C5)C6)C4)cccc3-c3ccc(Cl)cc3)CC2)cc1Oc1cnc2[nH]ccc2c1. The van der Waals surface area contributed by atoms with Gasteiger partial charge in [0, 0.05) is 130 Å². The maximum atomic E-state index is 14.1. The van der Waals surface area contributed by atoms with E-state index in [9.17, 15) is 28.1 Å². The topological polar surface area (TPSA) is 214 Å². The number of benzene rings is 4. The fourth-order valence-electron chi connectivity index (χ4n) is 13.7. The van der Waals surface area contributed by atoms with E-state index in [1.165, 1.54) is 43.7 Å². The average molecular weight is 1130 g/mol. The highest BCUT2D eigenvalue weighted by Gasteiger charge is 2.54. The van der Waals surface area contributed by atoms with E-state index in [0.717, 1.165) is 109 Å². The number of nitrogens with zero attached hydrogens (tertiary/aromatic N) is 5. The third kappa shape index (κ3) is 11.8. The molecule has 2 amide bonds. The van der Waals surface area contributed by atoms with E-state index in [-0.39, 0.29) is 28.3 Å². The van der Waals surface area contributed by atoms with Gasteiger partial charge in [0.15, 0.2) is 0 Å². The van der Waals surface area contributed by atoms with E-state index in [4.69, 9.17) is 25.8 Å². The predicted molar refractivity (Wildman–Crippen MR) is 306 cm³/mol. The summed E-state index contributed by atoms with van der Waals surface area (Å²) >= 11 is 6.36. The molecule has 2 aromatic heterocycles. The minimum atomic E-state index is -4.60. The highest BCUT2D eigenvalue weighted by molar-refractivity contribution is 7.90. The highest BCUT2D eigenvalue weighted by Crippen LogP contribution is 2.60. The summed E-state index contributed by atoms with van der Waals surface area (Å²) in [5, 5.41) is 20.1. The quantitative estimate of drug-likeness (QED) is 0.0414. The number of sulfonamides is 1. The number of pyridine rings is 1. The first-order valence-electron chi connectivity index (χ1n) is 28.2. The van der Waals surface area contributed by atoms with Crippen LogP contribution in [-0.4, -0.2) is 124 Å². The number of carbonyl (C=O) groups excluding carboxylic acids is 2. The number of halogens is 1. The van der Waals surface area contributed by atoms with Crippen molar-refractivity contribution < 1.29 is 37.1 Å². The normalized spacial score (nSPS) is 22.5. The lowest BCUT2D eigenvalue weighted by Gasteiger charge is -2.55. The lowest BCUT2D eigenvalue weighted by Crippen LogP contribution is -2.55. The smallest absolute Gasteiger partial charge is 0.293 e. The molecule has 4 N–H and O–H groups in total. The van der Waals surface area contributed by atoms with Crippen molar-refractivity contribution in [3.63, 3.8) is 0 Å². The standard InChI is InChI=1S/C60H68ClN9O9S/c61-46-6-4-44(5-7-46)50-2-1-3-55(78-38-43-35-68(36-43)17-16-63-59(72)60-30-40-24-41(31-60)26-42(25-40)32-60)52(50)37-67-18-20-69(21-19-67)47-8-10-51(56(28-47)79-48-27-45-12-15-62-57(45)65-34-48)58(71)66-80(75,76)49-9-11-53(54(29-49)70(73)74)64-33-39-13-22-77-23-14-39/h1-12,15,27-29,34,39-43,64H,13-14,16-26,30-33,35-38H2,(H,62,65)(H,63,72)(H,66,71). The molecule has 0 atom stereocenters. The lowest BCUT2D eigenvalue weighted by molar-refractivity contribution is -0.384. The van der Waals surface area contributed by atoms with Crippen LogP contribution in [-0.2, 0) is 26.1 Å². The molecule has 13 rings (SSSR count). The number of nitro groups is 1. The Morgan fingerprint density at radius 2 is 1.61 bits per heavy atom. The maximum Gasteiger partial charge on any atom is 0.293 e. The van der Waals surface area contributed by atoms with Gasteiger partial charge >= 0.3 is 0 Å². The van der Waals surface area contributed by atoms with E-state index in [2.05, 4.69) is 52.2 Å². The molecular formula is C60H68ClN9O9S. The Morgan fingerprint density at radius 1 is 0.863 bits per heavy atom. The Labute approximate surface area is 471 Å². The number of likely N-dealkylation sites (tertiary alicyclic amines) is 1. The van der Waals surface area contributed by atoms with Crippen molar-refractivity contribution in [2.45, 2.75) is 62.8 Å². The molecule has 6 aromatic rings. The second-order valence-corrected chi connectivity index (χ2v) is 25.2. The number of nitrogens with one attached hydrogen (secondary N) is 4. The minimum absolute atomic E-state index is 0.0637. The van der Waals surface area contributed by atoms with Crippen LogP contribution < -0.4 is 29.7 Å². The summed E-state index contributed by atoms with van der Waals surface area (Å²) in [6, 6.07) is 26.3. The molecule has 4 aliphatic carbocycles. The molecule has 4 bridgehead atoms. The van der Waals surface area contributed by atoms with Gasteiger partial charge in [-0.15, -0.1) is 0 Å². The van der Waals surface area contributed by atoms with Crippen molar-refractivity contribution in [3.8, 4) is 28.4 Å². The van der Waals surface area contributed by atoms with Crippen LogP contribution in [0.15, 0.2) is 108 Å². The molecular weight excluding hydrogens is 1060 g/mol. The number of aromatic nitrogens is 2. The summed E-state index contributed by atoms with van der Waals surface area (Å²) in [7, 11) is -4.60. The van der Waals surface area contributed by atoms with Crippen molar-refractivity contribution in [1.29, 1.82) is 0 Å². The zero-order valence-corrected chi connectivity index (χ0v) is 46.3. The number of fused-ring (bicyclic) bond motifs is 1. The molecule has 20 heteroatoms. The van der Waals surface area contributed by atoms with E-state index in [1.54, 1.807) is 24.4 Å². The van der Waals surface area contributed by atoms with Gasteiger partial charge in [-0.25, -0.2) is 18.1 Å². The number of nitro benzene ring substituents is 1. The van der Waals surface area contributed by atoms with Crippen molar-refractivity contribution in [3.05, 3.63) is 130 Å². The number of amides is 2. The van der Waals surface area contributed by atoms with Gasteiger partial charge in [-0.05, 0) is 141 Å². The van der Waals surface area contributed by atoms with Crippen LogP contribution in [0.2, 0.25) is 5.02 Å². The van der Waals surface area contributed by atoms with Crippen LogP contribution in [0.3, 0.4) is 0 Å². The summed E-state index contributed by atoms with van der Waals surface area (Å²) in [4.78, 5) is 53.3. The average Bonchev–Trinajstić information content (AvgIpc) is 4.05. The molecule has 80 heavy (non-hydrogen) atoms. The fraction of sp³-hybridized carbons (Fsp3) is 0.450. The number of carbonyl (C=O) groups is 2. The predicted octanol–water partition coefficient (Wildman–Crippen LogP) is 9.51. The number of ether oxygens (including phenoxy) is 3. The monoisotopic (exact) mass is 1130 g/mol. The molecule has 7 aliphatic rings. The first-order valence-corrected chi connectivity index (χ1v) is 30.1. The first-order chi connectivity index (χ1) is 38.8. The number of hydrogen-bond acceptors (Lipinski definition) is 14. The minimum Gasteiger partial charge on any atom is -0.493 e. The fourth-order valence-corrected chi connectivity index (χ4v) is 14.8. The number of aromatic amines is 1. The van der Waals surface area contributed by atoms with E-state index in [1.807, 2.05) is 36.4 Å². The van der Waals surface area contributed by atoms with Gasteiger partial charge in [-0.3, -0.25) is 24.6 Å². The van der Waals surface area contributed by atoms with Gasteiger partial charge in [0.25, 0.3) is 21.6 Å². The van der Waals surface area contributed by atoms with Gasteiger partial charge in [0.05, 0.1) is 28.2 Å². The van der Waals surface area contributed by atoms with E-state index >= 15 is 0 Å². The van der Waals surface area contributed by atoms with Crippen molar-refractivity contribution >= 4 is 61.5 Å². The molecule has 4 aromatic carbocycles. The van der Waals surface area contributed by atoms with Crippen LogP contribution in [0.4, 0.5) is 17.1 Å². The van der Waals surface area contributed by atoms with E-state index in [0.29, 0.717) is 93.9 Å². The summed E-state index contributed by atoms with van der Waals surface area (Å²) in [5.41, 5.74) is 4.19. The number of rotatable bonds is 20. The van der Waals surface area contributed by atoms with Gasteiger partial charge in [-0.2, -0.15) is 0 Å². The number of H-pyrrole nitrogens is 1. The zero-order chi connectivity index (χ0) is 55.0. The molecule has 3 saturated heterocycles. The molecule has 0 radical (unpaired) electrons. The maximum absolute atomic E-state index is 14.1. The largest absolute Gasteiger partial charge is 0.493 e. The summed E-state index contributed by atoms with van der Waals surface area (Å²) < 4.78 is 48.3. The lowest BCUT2D eigenvalue weighted by atomic mass is 9.49. The number of hydrogen-bond donors (Lipinski definition) is 4. The third-order valence-electron chi connectivity index (χ3n) is 17.6. The summed E-state index contributed by atoms with van der Waals surface area (Å²) in [6.07, 6.45) is 12.1. The van der Waals surface area contributed by atoms with Crippen molar-refractivity contribution in [2.24, 2.45) is 35.0 Å². The molecule has 0 unspecified atom stereocenters. The Hall–Kier alpha value is -6.77. The van der Waals surface area contributed by atoms with Crippen LogP contribution in [0.5, 0.6) is 17.2 Å². The van der Waals surface area contributed by atoms with Gasteiger partial charge in [-0.1, -0.05) is 35.9 Å². The van der Waals surface area contributed by atoms with Crippen LogP contribution >= 0.6 is 11.6 Å². The molecule has 5 heterocycles. The Bertz CT molecular complexity index is 3340. The number of piperazine rings is 1. The van der Waals surface area contributed by atoms with Gasteiger partial charge in [0.1, 0.15) is 28.6 Å². The molecule has 7 fully saturated rings. The Morgan fingerprint density at radius 3 is 2.35 bits per heavy atom. The molecule has 4 saturated carbocycles. The second-order valence-electron chi connectivity index (χ2n) is 23.1. The van der Waals surface area contributed by atoms with Crippen LogP contribution in [0.1, 0.15) is 67.3 Å². The zero-order valence-electron chi connectivity index (χ0n) is 44.7. The van der Waals surface area contributed by atoms with Gasteiger partial charge in [0.2, 0.25) is 5.91 Å². The van der Waals surface area contributed by atoms with Crippen molar-refractivity contribution in [2.75, 3.05) is 88.9 Å². The molecule has 18 nitrogen and oxygen atoms in total. The first kappa shape index (κ1) is 53.9. The molecule has 420 valence electrons. The number of anilines is 2. The van der Waals surface area contributed by atoms with Crippen LogP contribution in [0.25, 0.3) is 22.2 Å². The van der Waals surface area contributed by atoms with Gasteiger partial charge < -0.3 is 39.6 Å². The molecule has 0 spiro atoms. The third-order valence-corrected chi connectivity index (χ3v) is 19.2. The van der Waals surface area contributed by atoms with Crippen molar-refractivity contribution in [1.82, 2.24) is 29.8 Å². The van der Waals surface area contributed by atoms with E-state index < -0.39 is 31.4 Å².